The molecule has 0 fully saturated rings. The maximum Gasteiger partial charge on any atom is 0.340 e. The Balaban J connectivity index is 1.53. The fourth-order valence-corrected chi connectivity index (χ4v) is 3.36. The highest BCUT2D eigenvalue weighted by Crippen LogP contribution is 2.32. The summed E-state index contributed by atoms with van der Waals surface area (Å²) in [4.78, 5) is 50.0. The first-order valence-electron chi connectivity index (χ1n) is 9.20. The lowest BCUT2D eigenvalue weighted by atomic mass is 9.82. The quantitative estimate of drug-likeness (QED) is 0.389. The molecule has 3 N–H and O–H groups in total. The van der Waals surface area contributed by atoms with Gasteiger partial charge in [0.15, 0.2) is 18.2 Å². The number of esters is 1. The summed E-state index contributed by atoms with van der Waals surface area (Å²) >= 11 is 0. The summed E-state index contributed by atoms with van der Waals surface area (Å²) in [6.07, 6.45) is 0. The largest absolute Gasteiger partial charge is 0.452 e. The molecule has 0 saturated heterocycles. The van der Waals surface area contributed by atoms with Crippen molar-refractivity contribution < 1.29 is 28.3 Å². The summed E-state index contributed by atoms with van der Waals surface area (Å²) in [5.41, 5.74) is 6.42. The molecule has 1 aliphatic rings. The van der Waals surface area contributed by atoms with E-state index in [1.165, 1.54) is 36.4 Å². The Bertz CT molecular complexity index is 1270. The number of fused-ring (bicyclic) bond motifs is 2. The van der Waals surface area contributed by atoms with Crippen molar-refractivity contribution in [2.75, 3.05) is 17.7 Å². The Morgan fingerprint density at radius 3 is 2.32 bits per heavy atom. The number of rotatable bonds is 4. The first kappa shape index (κ1) is 20.0. The third-order valence-corrected chi connectivity index (χ3v) is 4.80. The molecule has 0 aromatic heterocycles. The molecule has 31 heavy (non-hydrogen) atoms. The van der Waals surface area contributed by atoms with Crippen LogP contribution in [-0.4, -0.2) is 30.0 Å². The highest BCUT2D eigenvalue weighted by atomic mass is 19.1. The average molecular weight is 418 g/mol. The van der Waals surface area contributed by atoms with Crippen molar-refractivity contribution in [3.63, 3.8) is 0 Å². The number of ether oxygens (including phenoxy) is 1. The Morgan fingerprint density at radius 1 is 0.903 bits per heavy atom. The minimum Gasteiger partial charge on any atom is -0.452 e. The molecule has 8 heteroatoms. The number of anilines is 2. The number of carbonyl (C=O) groups excluding carboxylic acids is 4. The van der Waals surface area contributed by atoms with Crippen LogP contribution in [0.3, 0.4) is 0 Å². The molecule has 0 bridgehead atoms. The predicted octanol–water partition coefficient (Wildman–Crippen LogP) is 2.98. The van der Waals surface area contributed by atoms with Gasteiger partial charge in [0, 0.05) is 22.4 Å². The topological polar surface area (TPSA) is 116 Å². The van der Waals surface area contributed by atoms with E-state index in [0.29, 0.717) is 0 Å². The zero-order valence-corrected chi connectivity index (χ0v) is 16.0. The van der Waals surface area contributed by atoms with E-state index in [2.05, 4.69) is 5.32 Å². The van der Waals surface area contributed by atoms with Gasteiger partial charge in [-0.2, -0.15) is 0 Å². The van der Waals surface area contributed by atoms with Crippen molar-refractivity contribution in [1.82, 2.24) is 0 Å². The van der Waals surface area contributed by atoms with Crippen molar-refractivity contribution in [3.8, 4) is 0 Å². The highest BCUT2D eigenvalue weighted by molar-refractivity contribution is 6.30. The average Bonchev–Trinajstić information content (AvgIpc) is 2.75. The van der Waals surface area contributed by atoms with Gasteiger partial charge in [-0.1, -0.05) is 30.3 Å². The van der Waals surface area contributed by atoms with Gasteiger partial charge in [-0.05, 0) is 30.3 Å². The summed E-state index contributed by atoms with van der Waals surface area (Å²) in [7, 11) is 0. The van der Waals surface area contributed by atoms with Crippen molar-refractivity contribution in [1.29, 1.82) is 0 Å². The molecule has 0 unspecified atom stereocenters. The molecular weight excluding hydrogens is 403 g/mol. The number of carbonyl (C=O) groups is 4. The number of hydrogen-bond acceptors (Lipinski definition) is 6. The number of benzene rings is 3. The normalized spacial score (nSPS) is 12.0. The van der Waals surface area contributed by atoms with Crippen molar-refractivity contribution >= 4 is 34.8 Å². The minimum absolute atomic E-state index is 0.0673. The SMILES string of the molecule is Nc1c(C(=O)OCC(=O)Nc2cccc(F)c2)ccc2c1C(=O)c1ccccc1C2=O. The monoisotopic (exact) mass is 418 g/mol. The maximum absolute atomic E-state index is 13.2. The molecule has 0 spiro atoms. The molecule has 4 rings (SSSR count). The molecule has 0 aliphatic heterocycles. The van der Waals surface area contributed by atoms with Crippen LogP contribution < -0.4 is 11.1 Å². The standard InChI is InChI=1S/C23H15FN2O5/c24-12-4-3-5-13(10-12)26-18(27)11-31-23(30)17-9-8-16-19(20(17)25)22(29)15-7-2-1-6-14(15)21(16)28/h1-10H,11,25H2,(H,26,27). The minimum atomic E-state index is -0.936. The summed E-state index contributed by atoms with van der Waals surface area (Å²) in [5.74, 6) is -2.99. The molecule has 0 radical (unpaired) electrons. The van der Waals surface area contributed by atoms with Crippen LogP contribution >= 0.6 is 0 Å². The van der Waals surface area contributed by atoms with Crippen LogP contribution in [0, 0.1) is 5.82 Å². The number of nitrogen functional groups attached to an aromatic ring is 1. The Hall–Kier alpha value is -4.33. The van der Waals surface area contributed by atoms with Gasteiger partial charge in [0.1, 0.15) is 5.82 Å². The van der Waals surface area contributed by atoms with Gasteiger partial charge in [-0.3, -0.25) is 14.4 Å². The van der Waals surface area contributed by atoms with Gasteiger partial charge in [0.2, 0.25) is 0 Å². The fourth-order valence-electron chi connectivity index (χ4n) is 3.36. The van der Waals surface area contributed by atoms with E-state index in [1.807, 2.05) is 0 Å². The molecule has 3 aromatic rings. The Morgan fingerprint density at radius 2 is 1.61 bits per heavy atom. The maximum atomic E-state index is 13.2. The van der Waals surface area contributed by atoms with E-state index in [0.717, 1.165) is 6.07 Å². The van der Waals surface area contributed by atoms with E-state index >= 15 is 0 Å². The Labute approximate surface area is 175 Å². The zero-order valence-electron chi connectivity index (χ0n) is 16.0. The smallest absolute Gasteiger partial charge is 0.340 e. The molecule has 154 valence electrons. The number of nitrogens with one attached hydrogen (secondary N) is 1. The lowest BCUT2D eigenvalue weighted by Gasteiger charge is -2.20. The van der Waals surface area contributed by atoms with Crippen LogP contribution in [0.15, 0.2) is 60.7 Å². The van der Waals surface area contributed by atoms with Gasteiger partial charge in [0.05, 0.1) is 16.8 Å². The summed E-state index contributed by atoms with van der Waals surface area (Å²) in [6.45, 7) is -0.651. The van der Waals surface area contributed by atoms with Gasteiger partial charge >= 0.3 is 5.97 Å². The van der Waals surface area contributed by atoms with Crippen molar-refractivity contribution in [2.45, 2.75) is 0 Å². The number of amides is 1. The zero-order chi connectivity index (χ0) is 22.1. The van der Waals surface area contributed by atoms with E-state index in [4.69, 9.17) is 10.5 Å². The van der Waals surface area contributed by atoms with Crippen molar-refractivity contribution in [3.05, 3.63) is 94.3 Å². The lowest BCUT2D eigenvalue weighted by molar-refractivity contribution is -0.119. The third kappa shape index (κ3) is 3.66. The van der Waals surface area contributed by atoms with Crippen LogP contribution in [0.4, 0.5) is 15.8 Å². The summed E-state index contributed by atoms with van der Waals surface area (Å²) in [6, 6.07) is 14.2. The second-order valence-corrected chi connectivity index (χ2v) is 6.79. The van der Waals surface area contributed by atoms with E-state index in [1.54, 1.807) is 18.2 Å². The molecule has 7 nitrogen and oxygen atoms in total. The van der Waals surface area contributed by atoms with Gasteiger partial charge in [0.25, 0.3) is 5.91 Å². The van der Waals surface area contributed by atoms with Crippen LogP contribution in [0.2, 0.25) is 0 Å². The lowest BCUT2D eigenvalue weighted by Crippen LogP contribution is -2.25. The van der Waals surface area contributed by atoms with Crippen molar-refractivity contribution in [2.24, 2.45) is 0 Å². The Kier molecular flexibility index (Phi) is 5.04. The van der Waals surface area contributed by atoms with Gasteiger partial charge < -0.3 is 15.8 Å². The molecular formula is C23H15FN2O5. The first-order chi connectivity index (χ1) is 14.9. The molecule has 3 aromatic carbocycles. The summed E-state index contributed by atoms with van der Waals surface area (Å²) < 4.78 is 18.2. The number of ketones is 2. The van der Waals surface area contributed by atoms with Crippen LogP contribution in [0.1, 0.15) is 42.2 Å². The van der Waals surface area contributed by atoms with E-state index < -0.39 is 30.1 Å². The van der Waals surface area contributed by atoms with E-state index in [-0.39, 0.29) is 45.0 Å². The number of halogens is 1. The van der Waals surface area contributed by atoms with Crippen LogP contribution in [0.25, 0.3) is 0 Å². The van der Waals surface area contributed by atoms with E-state index in [9.17, 15) is 23.6 Å². The molecule has 0 atom stereocenters. The fraction of sp³-hybridized carbons (Fsp3) is 0.0435. The first-order valence-corrected chi connectivity index (χ1v) is 9.20. The molecule has 0 saturated carbocycles. The van der Waals surface area contributed by atoms with Crippen LogP contribution in [-0.2, 0) is 9.53 Å². The molecule has 1 amide bonds. The molecule has 1 aliphatic carbocycles. The summed E-state index contributed by atoms with van der Waals surface area (Å²) in [5, 5.41) is 2.39. The predicted molar refractivity (Wildman–Crippen MR) is 109 cm³/mol. The van der Waals surface area contributed by atoms with Crippen LogP contribution in [0.5, 0.6) is 0 Å². The molecule has 0 heterocycles. The second-order valence-electron chi connectivity index (χ2n) is 6.79. The number of hydrogen-bond donors (Lipinski definition) is 2. The number of nitrogens with two attached hydrogens (primary N) is 1. The van der Waals surface area contributed by atoms with Gasteiger partial charge in [-0.15, -0.1) is 0 Å². The van der Waals surface area contributed by atoms with Gasteiger partial charge in [-0.25, -0.2) is 9.18 Å². The highest BCUT2D eigenvalue weighted by Gasteiger charge is 2.33. The third-order valence-electron chi connectivity index (χ3n) is 4.80. The second kappa shape index (κ2) is 7.83.